The second kappa shape index (κ2) is 12.2. The Bertz CT molecular complexity index is 2850. The molecule has 0 saturated carbocycles. The number of anilines is 7. The van der Waals surface area contributed by atoms with E-state index < -0.39 is 0 Å². The zero-order chi connectivity index (χ0) is 37.9. The summed E-state index contributed by atoms with van der Waals surface area (Å²) in [7, 11) is 0. The van der Waals surface area contributed by atoms with E-state index in [1.807, 2.05) is 0 Å². The Morgan fingerprint density at radius 2 is 1.14 bits per heavy atom. The van der Waals surface area contributed by atoms with Gasteiger partial charge in [-0.25, -0.2) is 0 Å². The molecule has 0 saturated heterocycles. The summed E-state index contributed by atoms with van der Waals surface area (Å²) < 4.78 is 7.18. The smallest absolute Gasteiger partial charge is 0.256 e. The Kier molecular flexibility index (Phi) is 6.96. The van der Waals surface area contributed by atoms with Crippen LogP contribution < -0.4 is 46.8 Å². The van der Waals surface area contributed by atoms with Crippen molar-refractivity contribution in [2.45, 2.75) is 32.6 Å². The highest BCUT2D eigenvalue weighted by Gasteiger charge is 2.54. The summed E-state index contributed by atoms with van der Waals surface area (Å²) in [4.78, 5) is 7.55. The van der Waals surface area contributed by atoms with E-state index in [2.05, 4.69) is 205 Å². The number of allylic oxidation sites excluding steroid dienone is 2. The number of rotatable bonds is 3. The lowest BCUT2D eigenvalue weighted by atomic mass is 9.26. The first-order chi connectivity index (χ1) is 28.0. The van der Waals surface area contributed by atoms with Gasteiger partial charge in [0.15, 0.2) is 0 Å². The van der Waals surface area contributed by atoms with Crippen molar-refractivity contribution in [3.8, 4) is 11.5 Å². The van der Waals surface area contributed by atoms with Crippen molar-refractivity contribution in [3.05, 3.63) is 192 Å². The maximum atomic E-state index is 7.18. The minimum absolute atomic E-state index is 0.00945. The van der Waals surface area contributed by atoms with Crippen molar-refractivity contribution in [1.29, 1.82) is 0 Å². The van der Waals surface area contributed by atoms with Crippen molar-refractivity contribution in [2.24, 2.45) is 0 Å². The Morgan fingerprint density at radius 1 is 0.509 bits per heavy atom. The molecular weight excluding hydrogens is 692 g/mol. The van der Waals surface area contributed by atoms with Gasteiger partial charge in [0.25, 0.3) is 6.71 Å². The molecule has 270 valence electrons. The topological polar surface area (TPSA) is 19.0 Å². The lowest BCUT2D eigenvalue weighted by Gasteiger charge is -2.53. The van der Waals surface area contributed by atoms with E-state index in [0.717, 1.165) is 17.2 Å². The molecule has 2 atom stereocenters. The molecule has 0 radical (unpaired) electrons. The number of nitrogens with zero attached hydrogens (tertiary/aromatic N) is 3. The van der Waals surface area contributed by atoms with E-state index in [9.17, 15) is 0 Å². The molecule has 4 nitrogen and oxygen atoms in total. The first-order valence-corrected chi connectivity index (χ1v) is 20.2. The third-order valence-electron chi connectivity index (χ3n) is 13.1. The van der Waals surface area contributed by atoms with E-state index in [1.165, 1.54) is 83.8 Å². The number of para-hydroxylation sites is 3. The van der Waals surface area contributed by atoms with Crippen LogP contribution in [0.25, 0.3) is 0 Å². The molecular formula is C51H39B2N3O. The fourth-order valence-corrected chi connectivity index (χ4v) is 10.7. The Labute approximate surface area is 335 Å². The molecule has 4 aliphatic heterocycles. The number of fused-ring (bicyclic) bond motifs is 8. The zero-order valence-electron chi connectivity index (χ0n) is 32.2. The average Bonchev–Trinajstić information content (AvgIpc) is 3.25. The van der Waals surface area contributed by atoms with Crippen LogP contribution in [0.15, 0.2) is 176 Å². The highest BCUT2D eigenvalue weighted by molar-refractivity contribution is 7.00. The Hall–Kier alpha value is -6.65. The van der Waals surface area contributed by atoms with Crippen LogP contribution in [0.2, 0.25) is 5.82 Å². The normalized spacial score (nSPS) is 17.7. The van der Waals surface area contributed by atoms with Crippen LogP contribution in [-0.2, 0) is 0 Å². The molecule has 1 aliphatic carbocycles. The fraction of sp³-hybridized carbons (Fsp3) is 0.0980. The lowest BCUT2D eigenvalue weighted by molar-refractivity contribution is 0.487. The van der Waals surface area contributed by atoms with Gasteiger partial charge in [0.05, 0.1) is 6.04 Å². The largest absolute Gasteiger partial charge is 0.458 e. The minimum atomic E-state index is 0.00945. The summed E-state index contributed by atoms with van der Waals surface area (Å²) >= 11 is 0. The maximum absolute atomic E-state index is 7.18. The van der Waals surface area contributed by atoms with Gasteiger partial charge in [-0.2, -0.15) is 0 Å². The standard InChI is InChI=1S/C51H39B2N3O/c1-32-23-27-36(28-24-32)54-40-17-9-7-15-38(40)52-48-34(3)49-47(31-45(48)56(35-13-5-4-6-14-35)43-20-11-19-42(54)50(43)52)57-46-22-12-21-44-51(46)53(49)39-16-8-10-18-41(39)55(44)37-29-25-33(2)26-30-37/h4-31,43,50H,1-3H3. The number of aryl methyl sites for hydroxylation is 2. The molecule has 0 amide bonds. The molecule has 0 fully saturated rings. The number of benzene rings is 7. The number of hydrogen-bond acceptors (Lipinski definition) is 4. The predicted molar refractivity (Wildman–Crippen MR) is 240 cm³/mol. The van der Waals surface area contributed by atoms with Crippen LogP contribution in [0.3, 0.4) is 0 Å². The van der Waals surface area contributed by atoms with Crippen LogP contribution in [0, 0.1) is 20.8 Å². The lowest BCUT2D eigenvalue weighted by Crippen LogP contribution is -2.66. The molecule has 5 aliphatic rings. The molecule has 7 aromatic carbocycles. The number of hydrogen-bond donors (Lipinski definition) is 0. The van der Waals surface area contributed by atoms with E-state index in [0.29, 0.717) is 0 Å². The van der Waals surface area contributed by atoms with Gasteiger partial charge in [0, 0.05) is 57.4 Å². The second-order valence-corrected chi connectivity index (χ2v) is 16.2. The van der Waals surface area contributed by atoms with Gasteiger partial charge in [-0.1, -0.05) is 114 Å². The molecule has 2 unspecified atom stereocenters. The van der Waals surface area contributed by atoms with Crippen molar-refractivity contribution in [2.75, 3.05) is 14.7 Å². The summed E-state index contributed by atoms with van der Waals surface area (Å²) in [5, 5.41) is 0. The Balaban J connectivity index is 1.14. The third-order valence-corrected chi connectivity index (χ3v) is 13.1. The van der Waals surface area contributed by atoms with Gasteiger partial charge >= 0.3 is 0 Å². The van der Waals surface area contributed by atoms with E-state index in [4.69, 9.17) is 4.74 Å². The molecule has 57 heavy (non-hydrogen) atoms. The van der Waals surface area contributed by atoms with Crippen LogP contribution in [0.4, 0.5) is 39.8 Å². The van der Waals surface area contributed by atoms with Gasteiger partial charge in [-0.05, 0) is 115 Å². The highest BCUT2D eigenvalue weighted by atomic mass is 16.5. The van der Waals surface area contributed by atoms with Crippen molar-refractivity contribution in [1.82, 2.24) is 0 Å². The van der Waals surface area contributed by atoms with Crippen molar-refractivity contribution < 1.29 is 4.74 Å². The predicted octanol–water partition coefficient (Wildman–Crippen LogP) is 9.12. The maximum Gasteiger partial charge on any atom is 0.256 e. The molecule has 7 aromatic rings. The van der Waals surface area contributed by atoms with Crippen molar-refractivity contribution in [3.63, 3.8) is 0 Å². The molecule has 12 rings (SSSR count). The summed E-state index contributed by atoms with van der Waals surface area (Å²) in [5.41, 5.74) is 20.1. The summed E-state index contributed by atoms with van der Waals surface area (Å²) in [5.74, 6) is 2.04. The first kappa shape index (κ1) is 32.6. The summed E-state index contributed by atoms with van der Waals surface area (Å²) in [6, 6.07) is 56.1. The second-order valence-electron chi connectivity index (χ2n) is 16.2. The molecule has 6 heteroatoms. The van der Waals surface area contributed by atoms with E-state index in [1.54, 1.807) is 0 Å². The van der Waals surface area contributed by atoms with Crippen LogP contribution in [-0.4, -0.2) is 19.5 Å². The molecule has 0 spiro atoms. The van der Waals surface area contributed by atoms with Gasteiger partial charge in [-0.3, -0.25) is 0 Å². The van der Waals surface area contributed by atoms with Crippen LogP contribution >= 0.6 is 0 Å². The molecule has 4 heterocycles. The quantitative estimate of drug-likeness (QED) is 0.169. The monoisotopic (exact) mass is 731 g/mol. The summed E-state index contributed by atoms with van der Waals surface area (Å²) in [6.45, 7) is 6.83. The van der Waals surface area contributed by atoms with Crippen molar-refractivity contribution >= 4 is 80.6 Å². The zero-order valence-corrected chi connectivity index (χ0v) is 32.2. The molecule has 0 N–H and O–H groups in total. The van der Waals surface area contributed by atoms with E-state index in [-0.39, 0.29) is 25.3 Å². The van der Waals surface area contributed by atoms with Gasteiger partial charge < -0.3 is 19.4 Å². The SMILES string of the molecule is Cc1ccc(N2C3=CC=CC4C3B(c3ccccc32)c2c(cc3c(c2C)B2c5ccccc5N(c5ccc(C)cc5)c5cccc(c52)O3)N4c2ccccc2)cc1. The van der Waals surface area contributed by atoms with Crippen LogP contribution in [0.5, 0.6) is 11.5 Å². The fourth-order valence-electron chi connectivity index (χ4n) is 10.7. The Morgan fingerprint density at radius 3 is 1.88 bits per heavy atom. The minimum Gasteiger partial charge on any atom is -0.458 e. The third kappa shape index (κ3) is 4.58. The molecule has 0 aromatic heterocycles. The van der Waals surface area contributed by atoms with Gasteiger partial charge in [-0.15, -0.1) is 0 Å². The van der Waals surface area contributed by atoms with Gasteiger partial charge in [0.1, 0.15) is 11.5 Å². The molecule has 0 bridgehead atoms. The first-order valence-electron chi connectivity index (χ1n) is 20.2. The summed E-state index contributed by atoms with van der Waals surface area (Å²) in [6.07, 6.45) is 7.07. The highest BCUT2D eigenvalue weighted by Crippen LogP contribution is 2.51. The van der Waals surface area contributed by atoms with E-state index >= 15 is 0 Å². The van der Waals surface area contributed by atoms with Crippen LogP contribution in [0.1, 0.15) is 16.7 Å². The average molecular weight is 732 g/mol. The van der Waals surface area contributed by atoms with Gasteiger partial charge in [0.2, 0.25) is 6.71 Å². The number of ether oxygens (including phenoxy) is 1.